The third-order valence-electron chi connectivity index (χ3n) is 6.00. The van der Waals surface area contributed by atoms with E-state index in [1.165, 1.54) is 63.4 Å². The van der Waals surface area contributed by atoms with Crippen LogP contribution < -0.4 is 4.74 Å². The Bertz CT molecular complexity index is 756. The number of hydrogen-bond acceptors (Lipinski definition) is 4. The summed E-state index contributed by atoms with van der Waals surface area (Å²) < 4.78 is 5.50. The molecule has 4 nitrogen and oxygen atoms in total. The molecule has 2 rings (SSSR count). The van der Waals surface area contributed by atoms with Crippen LogP contribution in [0.25, 0.3) is 11.4 Å². The first kappa shape index (κ1) is 26.0. The molecule has 0 N–H and O–H groups in total. The van der Waals surface area contributed by atoms with Crippen LogP contribution in [0, 0.1) is 5.92 Å². The molecule has 0 radical (unpaired) electrons. The highest BCUT2D eigenvalue weighted by Gasteiger charge is 2.14. The molecule has 0 aliphatic rings. The fourth-order valence-corrected chi connectivity index (χ4v) is 3.79. The normalized spacial score (nSPS) is 12.0. The lowest BCUT2D eigenvalue weighted by Gasteiger charge is -2.11. The number of aryl methyl sites for hydroxylation is 1. The Morgan fingerprint density at radius 3 is 1.97 bits per heavy atom. The minimum absolute atomic E-state index is 0.0729. The van der Waals surface area contributed by atoms with E-state index < -0.39 is 0 Å². The molecule has 1 aromatic carbocycles. The molecular weight excluding hydrogens is 396 g/mol. The first-order chi connectivity index (χ1) is 15.6. The molecule has 0 saturated heterocycles. The van der Waals surface area contributed by atoms with Gasteiger partial charge in [-0.25, -0.2) is 9.97 Å². The molecule has 176 valence electrons. The number of nitrogens with zero attached hydrogens (tertiary/aromatic N) is 2. The molecular formula is C28H42N2O2. The van der Waals surface area contributed by atoms with Crippen molar-refractivity contribution in [2.75, 3.05) is 0 Å². The van der Waals surface area contributed by atoms with Gasteiger partial charge in [0.05, 0.1) is 5.92 Å². The van der Waals surface area contributed by atoms with Gasteiger partial charge in [-0.15, -0.1) is 0 Å². The van der Waals surface area contributed by atoms with Crippen LogP contribution in [0.5, 0.6) is 5.75 Å². The van der Waals surface area contributed by atoms with E-state index in [0.29, 0.717) is 11.6 Å². The molecule has 0 fully saturated rings. The van der Waals surface area contributed by atoms with Gasteiger partial charge in [0.2, 0.25) is 0 Å². The smallest absolute Gasteiger partial charge is 0.314 e. The highest BCUT2D eigenvalue weighted by atomic mass is 16.5. The number of benzene rings is 1. The number of unbranched alkanes of at least 4 members (excludes halogenated alkanes) is 9. The van der Waals surface area contributed by atoms with Crippen molar-refractivity contribution in [3.63, 3.8) is 0 Å². The predicted molar refractivity (Wildman–Crippen MR) is 133 cm³/mol. The second-order valence-electron chi connectivity index (χ2n) is 8.98. The van der Waals surface area contributed by atoms with Crippen LogP contribution in [0.1, 0.15) is 103 Å². The van der Waals surface area contributed by atoms with Crippen molar-refractivity contribution >= 4 is 5.97 Å². The lowest BCUT2D eigenvalue weighted by Crippen LogP contribution is -2.17. The molecule has 1 heterocycles. The summed E-state index contributed by atoms with van der Waals surface area (Å²) >= 11 is 0. The summed E-state index contributed by atoms with van der Waals surface area (Å²) in [6, 6.07) is 7.46. The minimum atomic E-state index is -0.164. The molecule has 0 spiro atoms. The highest BCUT2D eigenvalue weighted by Crippen LogP contribution is 2.21. The molecule has 0 saturated carbocycles. The van der Waals surface area contributed by atoms with E-state index >= 15 is 0 Å². The summed E-state index contributed by atoms with van der Waals surface area (Å²) in [5.74, 6) is 1.04. The molecule has 0 aliphatic carbocycles. The molecule has 0 amide bonds. The van der Waals surface area contributed by atoms with Gasteiger partial charge in [-0.3, -0.25) is 4.79 Å². The van der Waals surface area contributed by atoms with Crippen molar-refractivity contribution in [1.82, 2.24) is 9.97 Å². The SMILES string of the molecule is CCCCCCCCCCCc1cnc(-c2ccc(OC(=O)[C@@H](C)CCCC)cc2)nc1. The molecule has 1 aromatic heterocycles. The molecule has 0 bridgehead atoms. The van der Waals surface area contributed by atoms with Crippen molar-refractivity contribution in [3.05, 3.63) is 42.2 Å². The Hall–Kier alpha value is -2.23. The fourth-order valence-electron chi connectivity index (χ4n) is 3.79. The summed E-state index contributed by atoms with van der Waals surface area (Å²) in [5, 5.41) is 0. The fraction of sp³-hybridized carbons (Fsp3) is 0.607. The van der Waals surface area contributed by atoms with Gasteiger partial charge in [-0.1, -0.05) is 85.0 Å². The molecule has 0 unspecified atom stereocenters. The van der Waals surface area contributed by atoms with Crippen LogP contribution in [0.4, 0.5) is 0 Å². The van der Waals surface area contributed by atoms with Crippen molar-refractivity contribution < 1.29 is 9.53 Å². The van der Waals surface area contributed by atoms with Crippen LogP contribution in [-0.2, 0) is 11.2 Å². The van der Waals surface area contributed by atoms with Gasteiger partial charge in [0.1, 0.15) is 5.75 Å². The molecule has 4 heteroatoms. The highest BCUT2D eigenvalue weighted by molar-refractivity contribution is 5.75. The van der Waals surface area contributed by atoms with E-state index in [2.05, 4.69) is 23.8 Å². The Morgan fingerprint density at radius 1 is 0.812 bits per heavy atom. The van der Waals surface area contributed by atoms with Crippen LogP contribution in [0.3, 0.4) is 0 Å². The topological polar surface area (TPSA) is 52.1 Å². The van der Waals surface area contributed by atoms with Gasteiger partial charge >= 0.3 is 5.97 Å². The molecule has 1 atom stereocenters. The number of carbonyl (C=O) groups excluding carboxylic acids is 1. The number of esters is 1. The minimum Gasteiger partial charge on any atom is -0.426 e. The van der Waals surface area contributed by atoms with Gasteiger partial charge in [0.15, 0.2) is 5.82 Å². The van der Waals surface area contributed by atoms with Gasteiger partial charge in [0, 0.05) is 18.0 Å². The lowest BCUT2D eigenvalue weighted by atomic mass is 10.0. The van der Waals surface area contributed by atoms with E-state index in [0.717, 1.165) is 31.2 Å². The van der Waals surface area contributed by atoms with Gasteiger partial charge < -0.3 is 4.74 Å². The van der Waals surface area contributed by atoms with Crippen LogP contribution in [0.2, 0.25) is 0 Å². The van der Waals surface area contributed by atoms with Gasteiger partial charge in [-0.2, -0.15) is 0 Å². The van der Waals surface area contributed by atoms with Crippen LogP contribution >= 0.6 is 0 Å². The third-order valence-corrected chi connectivity index (χ3v) is 6.00. The number of ether oxygens (including phenoxy) is 1. The molecule has 2 aromatic rings. The summed E-state index contributed by atoms with van der Waals surface area (Å²) in [7, 11) is 0. The zero-order valence-electron chi connectivity index (χ0n) is 20.4. The zero-order valence-corrected chi connectivity index (χ0v) is 20.4. The first-order valence-corrected chi connectivity index (χ1v) is 12.8. The molecule has 32 heavy (non-hydrogen) atoms. The standard InChI is InChI=1S/C28H42N2O2/c1-4-6-8-9-10-11-12-13-14-16-24-21-29-27(30-22-24)25-17-19-26(20-18-25)32-28(31)23(3)15-7-5-2/h17-23H,4-16H2,1-3H3/t23-/m0/s1. The summed E-state index contributed by atoms with van der Waals surface area (Å²) in [6.07, 6.45) is 20.0. The van der Waals surface area contributed by atoms with Crippen LogP contribution in [0.15, 0.2) is 36.7 Å². The predicted octanol–water partition coefficient (Wildman–Crippen LogP) is 7.95. The number of rotatable bonds is 16. The van der Waals surface area contributed by atoms with Crippen LogP contribution in [-0.4, -0.2) is 15.9 Å². The average molecular weight is 439 g/mol. The third kappa shape index (κ3) is 9.93. The van der Waals surface area contributed by atoms with Crippen molar-refractivity contribution in [2.24, 2.45) is 5.92 Å². The quantitative estimate of drug-likeness (QED) is 0.152. The van der Waals surface area contributed by atoms with Crippen molar-refractivity contribution in [2.45, 2.75) is 104 Å². The maximum Gasteiger partial charge on any atom is 0.314 e. The maximum absolute atomic E-state index is 12.2. The second-order valence-corrected chi connectivity index (χ2v) is 8.98. The van der Waals surface area contributed by atoms with Gasteiger partial charge in [0.25, 0.3) is 0 Å². The van der Waals surface area contributed by atoms with E-state index in [4.69, 9.17) is 4.74 Å². The Kier molecular flexibility index (Phi) is 12.6. The number of carbonyl (C=O) groups is 1. The Balaban J connectivity index is 1.71. The van der Waals surface area contributed by atoms with Gasteiger partial charge in [-0.05, 0) is 49.1 Å². The first-order valence-electron chi connectivity index (χ1n) is 12.8. The monoisotopic (exact) mass is 438 g/mol. The second kappa shape index (κ2) is 15.6. The van der Waals surface area contributed by atoms with E-state index in [-0.39, 0.29) is 11.9 Å². The molecule has 0 aliphatic heterocycles. The Labute approximate surface area is 195 Å². The number of hydrogen-bond donors (Lipinski definition) is 0. The van der Waals surface area contributed by atoms with E-state index in [1.807, 2.05) is 43.6 Å². The summed E-state index contributed by atoms with van der Waals surface area (Å²) in [6.45, 7) is 6.32. The maximum atomic E-state index is 12.2. The van der Waals surface area contributed by atoms with E-state index in [9.17, 15) is 4.79 Å². The van der Waals surface area contributed by atoms with Crippen molar-refractivity contribution in [1.29, 1.82) is 0 Å². The Morgan fingerprint density at radius 2 is 1.38 bits per heavy atom. The zero-order chi connectivity index (χ0) is 23.0. The summed E-state index contributed by atoms with van der Waals surface area (Å²) in [4.78, 5) is 21.2. The lowest BCUT2D eigenvalue weighted by molar-refractivity contribution is -0.138. The average Bonchev–Trinajstić information content (AvgIpc) is 2.82. The van der Waals surface area contributed by atoms with E-state index in [1.54, 1.807) is 0 Å². The number of aromatic nitrogens is 2. The van der Waals surface area contributed by atoms with Crippen molar-refractivity contribution in [3.8, 4) is 17.1 Å². The summed E-state index contributed by atoms with van der Waals surface area (Å²) in [5.41, 5.74) is 2.13. The largest absolute Gasteiger partial charge is 0.426 e.